The number of aliphatic hydroxyl groups excluding tert-OH is 1. The highest BCUT2D eigenvalue weighted by Gasteiger charge is 2.30. The van der Waals surface area contributed by atoms with Crippen LogP contribution in [0.1, 0.15) is 27.7 Å². The molecular formula is C21H29F3N2O5. The second-order valence-corrected chi connectivity index (χ2v) is 6.15. The summed E-state index contributed by atoms with van der Waals surface area (Å²) in [6.45, 7) is 10.5. The van der Waals surface area contributed by atoms with Crippen molar-refractivity contribution in [1.29, 1.82) is 0 Å². The number of halogens is 3. The highest BCUT2D eigenvalue weighted by Crippen LogP contribution is 2.22. The third kappa shape index (κ3) is 14.4. The quantitative estimate of drug-likeness (QED) is 0.170. The minimum Gasteiger partial charge on any atom is -0.423 e. The molecule has 0 heterocycles. The SMILES string of the molecule is C=C(C)C(=O)OC(/C=C(\C)N(C)C=O)=C(C)C.CO.Nc1ccc(OC(F)(F)F)cc1. The number of esters is 1. The molecule has 7 nitrogen and oxygen atoms in total. The van der Waals surface area contributed by atoms with Gasteiger partial charge in [0, 0.05) is 37.2 Å². The summed E-state index contributed by atoms with van der Waals surface area (Å²) < 4.78 is 43.5. The number of rotatable bonds is 6. The summed E-state index contributed by atoms with van der Waals surface area (Å²) >= 11 is 0. The minimum atomic E-state index is -4.64. The zero-order chi connectivity index (χ0) is 24.8. The van der Waals surface area contributed by atoms with Crippen LogP contribution in [0.25, 0.3) is 0 Å². The lowest BCUT2D eigenvalue weighted by Crippen LogP contribution is -2.16. The highest BCUT2D eigenvalue weighted by molar-refractivity contribution is 5.88. The van der Waals surface area contributed by atoms with Crippen molar-refractivity contribution in [3.05, 3.63) is 59.5 Å². The van der Waals surface area contributed by atoms with Gasteiger partial charge in [-0.3, -0.25) is 4.79 Å². The summed E-state index contributed by atoms with van der Waals surface area (Å²) in [5, 5.41) is 7.00. The second-order valence-electron chi connectivity index (χ2n) is 6.15. The Hall–Kier alpha value is -3.27. The molecule has 1 aromatic rings. The largest absolute Gasteiger partial charge is 0.573 e. The first-order chi connectivity index (χ1) is 14.3. The maximum absolute atomic E-state index is 11.6. The molecule has 0 saturated carbocycles. The number of alkyl halides is 3. The molecular weight excluding hydrogens is 417 g/mol. The first-order valence-electron chi connectivity index (χ1n) is 8.74. The van der Waals surface area contributed by atoms with Crippen LogP contribution in [0.2, 0.25) is 0 Å². The lowest BCUT2D eigenvalue weighted by Gasteiger charge is -2.13. The van der Waals surface area contributed by atoms with Gasteiger partial charge in [-0.05, 0) is 57.5 Å². The van der Waals surface area contributed by atoms with Gasteiger partial charge in [0.15, 0.2) is 0 Å². The van der Waals surface area contributed by atoms with Crippen molar-refractivity contribution in [2.45, 2.75) is 34.1 Å². The number of carbonyl (C=O) groups excluding carboxylic acids is 2. The number of nitrogen functional groups attached to an aromatic ring is 1. The van der Waals surface area contributed by atoms with Crippen LogP contribution in [0.5, 0.6) is 5.75 Å². The number of hydrogen-bond donors (Lipinski definition) is 2. The Kier molecular flexibility index (Phi) is 14.2. The van der Waals surface area contributed by atoms with Gasteiger partial charge in [-0.25, -0.2) is 4.79 Å². The van der Waals surface area contributed by atoms with E-state index in [4.69, 9.17) is 15.6 Å². The molecule has 1 amide bonds. The molecule has 0 unspecified atom stereocenters. The van der Waals surface area contributed by atoms with Crippen LogP contribution in [-0.4, -0.2) is 42.9 Å². The molecule has 31 heavy (non-hydrogen) atoms. The van der Waals surface area contributed by atoms with E-state index in [-0.39, 0.29) is 5.75 Å². The fourth-order valence-electron chi connectivity index (χ4n) is 1.51. The molecule has 0 aliphatic carbocycles. The summed E-state index contributed by atoms with van der Waals surface area (Å²) in [7, 11) is 2.63. The van der Waals surface area contributed by atoms with Crippen LogP contribution in [-0.2, 0) is 14.3 Å². The zero-order valence-corrected chi connectivity index (χ0v) is 18.4. The van der Waals surface area contributed by atoms with Gasteiger partial charge >= 0.3 is 12.3 Å². The number of nitrogens with two attached hydrogens (primary N) is 1. The van der Waals surface area contributed by atoms with Crippen molar-refractivity contribution in [1.82, 2.24) is 4.90 Å². The van der Waals surface area contributed by atoms with Crippen molar-refractivity contribution in [3.8, 4) is 5.75 Å². The minimum absolute atomic E-state index is 0.267. The molecule has 0 saturated heterocycles. The van der Waals surface area contributed by atoms with E-state index < -0.39 is 12.3 Å². The van der Waals surface area contributed by atoms with Crippen molar-refractivity contribution in [2.75, 3.05) is 19.9 Å². The van der Waals surface area contributed by atoms with E-state index in [2.05, 4.69) is 11.3 Å². The number of amides is 1. The lowest BCUT2D eigenvalue weighted by molar-refractivity contribution is -0.274. The van der Waals surface area contributed by atoms with Gasteiger partial charge in [-0.2, -0.15) is 0 Å². The Morgan fingerprint density at radius 2 is 1.61 bits per heavy atom. The first kappa shape index (κ1) is 29.9. The third-order valence-electron chi connectivity index (χ3n) is 3.21. The van der Waals surface area contributed by atoms with Crippen molar-refractivity contribution < 1.29 is 37.3 Å². The van der Waals surface area contributed by atoms with Crippen LogP contribution in [0, 0.1) is 0 Å². The number of allylic oxidation sites excluding steroid dienone is 3. The van der Waals surface area contributed by atoms with E-state index in [0.29, 0.717) is 29.1 Å². The molecule has 0 spiro atoms. The molecule has 0 fully saturated rings. The fourth-order valence-corrected chi connectivity index (χ4v) is 1.51. The molecule has 174 valence electrons. The maximum Gasteiger partial charge on any atom is 0.573 e. The monoisotopic (exact) mass is 446 g/mol. The van der Waals surface area contributed by atoms with Crippen LogP contribution in [0.3, 0.4) is 0 Å². The standard InChI is InChI=1S/C13H19NO3.C7H6F3NO.CH4O/c1-9(2)12(17-13(16)10(3)4)7-11(5)14(6)8-15;8-7(9,10)12-6-3-1-5(11)2-4-6;1-2/h7-8H,3H2,1-2,4-6H3;1-4H,11H2;2H,1H3/b11-7+;;. The van der Waals surface area contributed by atoms with Crippen LogP contribution >= 0.6 is 0 Å². The van der Waals surface area contributed by atoms with Gasteiger partial charge in [0.25, 0.3) is 0 Å². The number of hydrogen-bond acceptors (Lipinski definition) is 6. The van der Waals surface area contributed by atoms with E-state index in [9.17, 15) is 22.8 Å². The molecule has 0 aromatic heterocycles. The van der Waals surface area contributed by atoms with E-state index in [0.717, 1.165) is 24.8 Å². The van der Waals surface area contributed by atoms with Gasteiger partial charge in [-0.1, -0.05) is 6.58 Å². The van der Waals surface area contributed by atoms with E-state index in [1.807, 2.05) is 13.8 Å². The van der Waals surface area contributed by atoms with Crippen molar-refractivity contribution in [2.24, 2.45) is 0 Å². The van der Waals surface area contributed by atoms with Gasteiger partial charge in [0.1, 0.15) is 11.5 Å². The predicted octanol–water partition coefficient (Wildman–Crippen LogP) is 4.17. The van der Waals surface area contributed by atoms with Crippen LogP contribution < -0.4 is 10.5 Å². The van der Waals surface area contributed by atoms with Crippen LogP contribution in [0.4, 0.5) is 18.9 Å². The normalized spacial score (nSPS) is 10.3. The summed E-state index contributed by atoms with van der Waals surface area (Å²) in [4.78, 5) is 23.4. The van der Waals surface area contributed by atoms with E-state index >= 15 is 0 Å². The molecule has 1 rings (SSSR count). The van der Waals surface area contributed by atoms with E-state index in [1.54, 1.807) is 27.0 Å². The molecule has 0 aliphatic rings. The van der Waals surface area contributed by atoms with Gasteiger partial charge < -0.3 is 25.2 Å². The second kappa shape index (κ2) is 14.7. The Morgan fingerprint density at radius 1 is 1.13 bits per heavy atom. The summed E-state index contributed by atoms with van der Waals surface area (Å²) in [5.41, 5.74) is 7.51. The van der Waals surface area contributed by atoms with Gasteiger partial charge in [0.05, 0.1) is 0 Å². The Bertz CT molecular complexity index is 781. The number of anilines is 1. The number of benzene rings is 1. The summed E-state index contributed by atoms with van der Waals surface area (Å²) in [6, 6.07) is 4.98. The topological polar surface area (TPSA) is 102 Å². The Balaban J connectivity index is 0. The Labute approximate surface area is 180 Å². The van der Waals surface area contributed by atoms with Gasteiger partial charge in [-0.15, -0.1) is 13.2 Å². The molecule has 3 N–H and O–H groups in total. The van der Waals surface area contributed by atoms with Gasteiger partial charge in [0.2, 0.25) is 6.41 Å². The van der Waals surface area contributed by atoms with Crippen LogP contribution in [0.15, 0.2) is 59.5 Å². The average Bonchev–Trinajstić information content (AvgIpc) is 2.69. The smallest absolute Gasteiger partial charge is 0.423 e. The summed E-state index contributed by atoms with van der Waals surface area (Å²) in [6.07, 6.45) is -2.31. The third-order valence-corrected chi connectivity index (χ3v) is 3.21. The average molecular weight is 446 g/mol. The molecule has 10 heteroatoms. The molecule has 0 atom stereocenters. The molecule has 0 bridgehead atoms. The summed E-state index contributed by atoms with van der Waals surface area (Å²) in [5.74, 6) is -0.306. The number of ether oxygens (including phenoxy) is 2. The number of nitrogens with zero attached hydrogens (tertiary/aromatic N) is 1. The zero-order valence-electron chi connectivity index (χ0n) is 18.4. The van der Waals surface area contributed by atoms with Crippen molar-refractivity contribution in [3.63, 3.8) is 0 Å². The molecule has 0 aliphatic heterocycles. The van der Waals surface area contributed by atoms with Crippen molar-refractivity contribution >= 4 is 18.1 Å². The Morgan fingerprint density at radius 3 is 1.97 bits per heavy atom. The number of carbonyl (C=O) groups is 2. The van der Waals surface area contributed by atoms with E-state index in [1.165, 1.54) is 17.0 Å². The highest BCUT2D eigenvalue weighted by atomic mass is 19.4. The first-order valence-corrected chi connectivity index (χ1v) is 8.74. The maximum atomic E-state index is 11.6. The molecule has 1 aromatic carbocycles. The molecule has 0 radical (unpaired) electrons. The lowest BCUT2D eigenvalue weighted by atomic mass is 10.2. The fraction of sp³-hybridized carbons (Fsp3) is 0.333. The predicted molar refractivity (Wildman–Crippen MR) is 113 cm³/mol. The number of aliphatic hydroxyl groups is 1.